The SMILES string of the molecule is CCc1cc(C(=O)N2CCCC(CCN)C2)n(CC)n1. The molecule has 1 amide bonds. The molecule has 1 unspecified atom stereocenters. The Morgan fingerprint density at radius 2 is 2.30 bits per heavy atom. The molecule has 1 saturated heterocycles. The first-order valence-corrected chi connectivity index (χ1v) is 7.75. The minimum atomic E-state index is 0.126. The zero-order valence-electron chi connectivity index (χ0n) is 12.6. The zero-order valence-corrected chi connectivity index (χ0v) is 12.6. The number of likely N-dealkylation sites (tertiary alicyclic amines) is 1. The van der Waals surface area contributed by atoms with Gasteiger partial charge in [0.2, 0.25) is 0 Å². The van der Waals surface area contributed by atoms with E-state index in [2.05, 4.69) is 12.0 Å². The lowest BCUT2D eigenvalue weighted by molar-refractivity contribution is 0.0657. The molecule has 0 saturated carbocycles. The number of aromatic nitrogens is 2. The van der Waals surface area contributed by atoms with Crippen molar-refractivity contribution in [2.24, 2.45) is 11.7 Å². The van der Waals surface area contributed by atoms with Gasteiger partial charge in [-0.25, -0.2) is 0 Å². The molecule has 0 spiro atoms. The van der Waals surface area contributed by atoms with Gasteiger partial charge in [0.1, 0.15) is 5.69 Å². The minimum Gasteiger partial charge on any atom is -0.337 e. The van der Waals surface area contributed by atoms with Crippen molar-refractivity contribution in [2.45, 2.75) is 46.1 Å². The Morgan fingerprint density at radius 3 is 2.95 bits per heavy atom. The van der Waals surface area contributed by atoms with Crippen LogP contribution in [-0.4, -0.2) is 40.2 Å². The summed E-state index contributed by atoms with van der Waals surface area (Å²) in [6.45, 7) is 7.23. The summed E-state index contributed by atoms with van der Waals surface area (Å²) in [5.41, 5.74) is 7.37. The molecule has 2 rings (SSSR count). The molecule has 112 valence electrons. The number of carbonyl (C=O) groups is 1. The molecule has 20 heavy (non-hydrogen) atoms. The second-order valence-electron chi connectivity index (χ2n) is 5.53. The Bertz CT molecular complexity index is 453. The molecule has 1 aromatic heterocycles. The predicted molar refractivity (Wildman–Crippen MR) is 79.6 cm³/mol. The topological polar surface area (TPSA) is 64.2 Å². The number of hydrogen-bond donors (Lipinski definition) is 1. The van der Waals surface area contributed by atoms with Gasteiger partial charge in [-0.05, 0) is 51.1 Å². The van der Waals surface area contributed by atoms with Crippen LogP contribution in [0.1, 0.15) is 49.3 Å². The normalized spacial score (nSPS) is 19.4. The molecule has 5 heteroatoms. The third-order valence-electron chi connectivity index (χ3n) is 4.09. The van der Waals surface area contributed by atoms with E-state index in [1.807, 2.05) is 22.6 Å². The van der Waals surface area contributed by atoms with Crippen molar-refractivity contribution in [2.75, 3.05) is 19.6 Å². The summed E-state index contributed by atoms with van der Waals surface area (Å²) in [7, 11) is 0. The average molecular weight is 278 g/mol. The first kappa shape index (κ1) is 15.0. The van der Waals surface area contributed by atoms with Crippen molar-refractivity contribution in [1.29, 1.82) is 0 Å². The molecule has 0 radical (unpaired) electrons. The maximum atomic E-state index is 12.7. The Hall–Kier alpha value is -1.36. The van der Waals surface area contributed by atoms with Gasteiger partial charge < -0.3 is 10.6 Å². The van der Waals surface area contributed by atoms with Crippen molar-refractivity contribution in [3.63, 3.8) is 0 Å². The van der Waals surface area contributed by atoms with E-state index in [0.29, 0.717) is 12.5 Å². The molecule has 1 aliphatic heterocycles. The Labute approximate surface area is 121 Å². The summed E-state index contributed by atoms with van der Waals surface area (Å²) in [4.78, 5) is 14.7. The van der Waals surface area contributed by atoms with Gasteiger partial charge in [-0.15, -0.1) is 0 Å². The van der Waals surface area contributed by atoms with E-state index >= 15 is 0 Å². The lowest BCUT2D eigenvalue weighted by atomic mass is 9.94. The lowest BCUT2D eigenvalue weighted by Gasteiger charge is -2.32. The van der Waals surface area contributed by atoms with E-state index in [4.69, 9.17) is 5.73 Å². The number of rotatable bonds is 5. The van der Waals surface area contributed by atoms with E-state index in [0.717, 1.165) is 50.3 Å². The number of carbonyl (C=O) groups excluding carboxylic acids is 1. The maximum Gasteiger partial charge on any atom is 0.272 e. The van der Waals surface area contributed by atoms with Crippen LogP contribution in [0.25, 0.3) is 0 Å². The zero-order chi connectivity index (χ0) is 14.5. The Morgan fingerprint density at radius 1 is 1.50 bits per heavy atom. The number of aryl methyl sites for hydroxylation is 2. The predicted octanol–water partition coefficient (Wildman–Crippen LogP) is 1.67. The second kappa shape index (κ2) is 6.88. The van der Waals surface area contributed by atoms with E-state index in [1.54, 1.807) is 0 Å². The van der Waals surface area contributed by atoms with Crippen LogP contribution in [0.2, 0.25) is 0 Å². The summed E-state index contributed by atoms with van der Waals surface area (Å²) < 4.78 is 1.83. The number of piperidine rings is 1. The highest BCUT2D eigenvalue weighted by Crippen LogP contribution is 2.21. The third kappa shape index (κ3) is 3.20. The van der Waals surface area contributed by atoms with Crippen molar-refractivity contribution < 1.29 is 4.79 Å². The van der Waals surface area contributed by atoms with Crippen LogP contribution in [0.3, 0.4) is 0 Å². The molecule has 1 atom stereocenters. The highest BCUT2D eigenvalue weighted by atomic mass is 16.2. The standard InChI is InChI=1S/C15H26N4O/c1-3-13-10-14(19(4-2)17-13)15(20)18-9-5-6-12(11-18)7-8-16/h10,12H,3-9,11,16H2,1-2H3. The highest BCUT2D eigenvalue weighted by Gasteiger charge is 2.26. The molecule has 1 fully saturated rings. The van der Waals surface area contributed by atoms with Crippen LogP contribution in [0.5, 0.6) is 0 Å². The van der Waals surface area contributed by atoms with E-state index in [-0.39, 0.29) is 5.91 Å². The van der Waals surface area contributed by atoms with Crippen molar-refractivity contribution in [3.8, 4) is 0 Å². The van der Waals surface area contributed by atoms with Gasteiger partial charge in [-0.3, -0.25) is 9.48 Å². The lowest BCUT2D eigenvalue weighted by Crippen LogP contribution is -2.41. The average Bonchev–Trinajstić information content (AvgIpc) is 2.90. The molecule has 0 bridgehead atoms. The van der Waals surface area contributed by atoms with Crippen LogP contribution in [0, 0.1) is 5.92 Å². The number of hydrogen-bond acceptors (Lipinski definition) is 3. The van der Waals surface area contributed by atoms with E-state index in [1.165, 1.54) is 6.42 Å². The molecule has 0 aliphatic carbocycles. The van der Waals surface area contributed by atoms with Crippen LogP contribution >= 0.6 is 0 Å². The molecule has 5 nitrogen and oxygen atoms in total. The van der Waals surface area contributed by atoms with Gasteiger partial charge >= 0.3 is 0 Å². The van der Waals surface area contributed by atoms with Gasteiger partial charge in [0.25, 0.3) is 5.91 Å². The van der Waals surface area contributed by atoms with Crippen LogP contribution < -0.4 is 5.73 Å². The summed E-state index contributed by atoms with van der Waals surface area (Å²) in [6, 6.07) is 1.94. The first-order valence-electron chi connectivity index (χ1n) is 7.75. The summed E-state index contributed by atoms with van der Waals surface area (Å²) in [6.07, 6.45) is 4.14. The largest absolute Gasteiger partial charge is 0.337 e. The monoisotopic (exact) mass is 278 g/mol. The molecule has 1 aromatic rings. The number of amides is 1. The summed E-state index contributed by atoms with van der Waals surface area (Å²) in [5, 5.41) is 4.47. The number of nitrogens with two attached hydrogens (primary N) is 1. The quantitative estimate of drug-likeness (QED) is 0.891. The van der Waals surface area contributed by atoms with E-state index < -0.39 is 0 Å². The van der Waals surface area contributed by atoms with Gasteiger partial charge in [-0.2, -0.15) is 5.10 Å². The molecular weight excluding hydrogens is 252 g/mol. The van der Waals surface area contributed by atoms with Crippen molar-refractivity contribution >= 4 is 5.91 Å². The van der Waals surface area contributed by atoms with Crippen LogP contribution in [0.4, 0.5) is 0 Å². The van der Waals surface area contributed by atoms with Gasteiger partial charge in [0, 0.05) is 19.6 Å². The van der Waals surface area contributed by atoms with Gasteiger partial charge in [0.05, 0.1) is 5.69 Å². The Kier molecular flexibility index (Phi) is 5.17. The molecule has 2 N–H and O–H groups in total. The fraction of sp³-hybridized carbons (Fsp3) is 0.733. The fourth-order valence-electron chi connectivity index (χ4n) is 2.94. The molecule has 0 aromatic carbocycles. The van der Waals surface area contributed by atoms with E-state index in [9.17, 15) is 4.79 Å². The Balaban J connectivity index is 2.12. The van der Waals surface area contributed by atoms with Gasteiger partial charge in [-0.1, -0.05) is 6.92 Å². The summed E-state index contributed by atoms with van der Waals surface area (Å²) in [5.74, 6) is 0.683. The molecule has 1 aliphatic rings. The third-order valence-corrected chi connectivity index (χ3v) is 4.09. The minimum absolute atomic E-state index is 0.126. The van der Waals surface area contributed by atoms with Crippen molar-refractivity contribution in [1.82, 2.24) is 14.7 Å². The van der Waals surface area contributed by atoms with Crippen molar-refractivity contribution in [3.05, 3.63) is 17.5 Å². The molecule has 2 heterocycles. The summed E-state index contributed by atoms with van der Waals surface area (Å²) >= 11 is 0. The van der Waals surface area contributed by atoms with Crippen LogP contribution in [0.15, 0.2) is 6.07 Å². The number of nitrogens with zero attached hydrogens (tertiary/aromatic N) is 3. The smallest absolute Gasteiger partial charge is 0.272 e. The highest BCUT2D eigenvalue weighted by molar-refractivity contribution is 5.92. The van der Waals surface area contributed by atoms with Gasteiger partial charge in [0.15, 0.2) is 0 Å². The van der Waals surface area contributed by atoms with Crippen LogP contribution in [-0.2, 0) is 13.0 Å². The molecular formula is C15H26N4O. The first-order chi connectivity index (χ1) is 9.69. The maximum absolute atomic E-state index is 12.7. The second-order valence-corrected chi connectivity index (χ2v) is 5.53. The fourth-order valence-corrected chi connectivity index (χ4v) is 2.94.